The first-order chi connectivity index (χ1) is 9.70. The highest BCUT2D eigenvalue weighted by atomic mass is 35.5. The van der Waals surface area contributed by atoms with Crippen molar-refractivity contribution in [2.24, 2.45) is 5.92 Å². The van der Waals surface area contributed by atoms with Crippen molar-refractivity contribution in [1.29, 1.82) is 5.26 Å². The summed E-state index contributed by atoms with van der Waals surface area (Å²) in [7, 11) is 0. The number of aryl methyl sites for hydroxylation is 1. The van der Waals surface area contributed by atoms with Crippen LogP contribution in [0.25, 0.3) is 11.0 Å². The molecule has 0 N–H and O–H groups in total. The molecule has 0 amide bonds. The van der Waals surface area contributed by atoms with E-state index in [9.17, 15) is 5.26 Å². The number of alkyl halides is 1. The Labute approximate surface area is 124 Å². The van der Waals surface area contributed by atoms with Crippen molar-refractivity contribution < 1.29 is 0 Å². The summed E-state index contributed by atoms with van der Waals surface area (Å²) in [5.41, 5.74) is 2.44. The molecule has 3 nitrogen and oxygen atoms in total. The quantitative estimate of drug-likeness (QED) is 0.782. The summed E-state index contributed by atoms with van der Waals surface area (Å²) in [6.45, 7) is 2.89. The summed E-state index contributed by atoms with van der Waals surface area (Å²) in [6.07, 6.45) is 5.25. The van der Waals surface area contributed by atoms with Gasteiger partial charge >= 0.3 is 0 Å². The van der Waals surface area contributed by atoms with Crippen LogP contribution >= 0.6 is 11.6 Å². The van der Waals surface area contributed by atoms with Gasteiger partial charge in [-0.1, -0.05) is 25.3 Å². The fourth-order valence-electron chi connectivity index (χ4n) is 2.89. The predicted molar refractivity (Wildman–Crippen MR) is 80.7 cm³/mol. The van der Waals surface area contributed by atoms with E-state index in [4.69, 9.17) is 11.6 Å². The van der Waals surface area contributed by atoms with Crippen LogP contribution in [-0.2, 0) is 6.54 Å². The van der Waals surface area contributed by atoms with Gasteiger partial charge in [-0.25, -0.2) is 4.98 Å². The van der Waals surface area contributed by atoms with Gasteiger partial charge in [0.2, 0.25) is 0 Å². The number of benzene rings is 1. The first-order valence-electron chi connectivity index (χ1n) is 7.24. The molecule has 1 heterocycles. The molecule has 1 unspecified atom stereocenters. The van der Waals surface area contributed by atoms with Crippen molar-refractivity contribution in [1.82, 2.24) is 9.55 Å². The number of nitrogens with zero attached hydrogens (tertiary/aromatic N) is 3. The van der Waals surface area contributed by atoms with Gasteiger partial charge < -0.3 is 4.57 Å². The molecule has 4 heteroatoms. The normalized spacial score (nSPS) is 16.9. The molecule has 1 aromatic heterocycles. The summed E-state index contributed by atoms with van der Waals surface area (Å²) in [4.78, 5) is 4.61. The third kappa shape index (κ3) is 2.29. The lowest BCUT2D eigenvalue weighted by Gasteiger charge is -2.25. The number of hydrogen-bond donors (Lipinski definition) is 0. The lowest BCUT2D eigenvalue weighted by atomic mass is 9.83. The molecule has 3 rings (SSSR count). The highest BCUT2D eigenvalue weighted by Gasteiger charge is 2.20. The number of hydrogen-bond acceptors (Lipinski definition) is 2. The fourth-order valence-corrected chi connectivity index (χ4v) is 3.05. The Morgan fingerprint density at radius 3 is 2.90 bits per heavy atom. The Morgan fingerprint density at radius 2 is 2.30 bits per heavy atom. The van der Waals surface area contributed by atoms with Gasteiger partial charge in [0.1, 0.15) is 17.4 Å². The van der Waals surface area contributed by atoms with Crippen LogP contribution in [0.5, 0.6) is 0 Å². The zero-order valence-corrected chi connectivity index (χ0v) is 12.4. The van der Waals surface area contributed by atoms with Crippen molar-refractivity contribution in [3.05, 3.63) is 29.6 Å². The molecule has 1 saturated carbocycles. The van der Waals surface area contributed by atoms with E-state index in [-0.39, 0.29) is 5.38 Å². The Hall–Kier alpha value is -1.53. The number of halogens is 1. The number of fused-ring (bicyclic) bond motifs is 1. The third-order valence-corrected chi connectivity index (χ3v) is 4.47. The van der Waals surface area contributed by atoms with E-state index in [0.717, 1.165) is 29.3 Å². The van der Waals surface area contributed by atoms with E-state index >= 15 is 0 Å². The predicted octanol–water partition coefficient (Wildman–Crippen LogP) is 4.40. The summed E-state index contributed by atoms with van der Waals surface area (Å²) >= 11 is 6.27. The van der Waals surface area contributed by atoms with Crippen molar-refractivity contribution in [2.75, 3.05) is 0 Å². The van der Waals surface area contributed by atoms with Gasteiger partial charge in [-0.15, -0.1) is 11.6 Å². The van der Waals surface area contributed by atoms with E-state index in [1.54, 1.807) is 0 Å². The summed E-state index contributed by atoms with van der Waals surface area (Å²) in [5, 5.41) is 9.06. The SMILES string of the molecule is CC(Cl)c1nc2c(C#N)cccc2n1CCC1CCC1. The molecule has 0 saturated heterocycles. The van der Waals surface area contributed by atoms with Crippen molar-refractivity contribution in [2.45, 2.75) is 44.5 Å². The van der Waals surface area contributed by atoms with Gasteiger partial charge in [0, 0.05) is 6.54 Å². The highest BCUT2D eigenvalue weighted by molar-refractivity contribution is 6.20. The molecule has 20 heavy (non-hydrogen) atoms. The van der Waals surface area contributed by atoms with E-state index in [1.807, 2.05) is 25.1 Å². The molecule has 0 bridgehead atoms. The number of para-hydroxylation sites is 1. The molecule has 1 atom stereocenters. The van der Waals surface area contributed by atoms with Crippen LogP contribution in [0, 0.1) is 17.2 Å². The zero-order chi connectivity index (χ0) is 14.1. The molecular formula is C16H18ClN3. The van der Waals surface area contributed by atoms with Crippen LogP contribution in [0.1, 0.15) is 49.4 Å². The molecule has 2 aromatic rings. The lowest BCUT2D eigenvalue weighted by Crippen LogP contribution is -2.15. The van der Waals surface area contributed by atoms with E-state index < -0.39 is 0 Å². The Morgan fingerprint density at radius 1 is 1.50 bits per heavy atom. The topological polar surface area (TPSA) is 41.6 Å². The molecule has 1 fully saturated rings. The van der Waals surface area contributed by atoms with Crippen LogP contribution in [0.2, 0.25) is 0 Å². The molecule has 104 valence electrons. The van der Waals surface area contributed by atoms with Crippen LogP contribution < -0.4 is 0 Å². The van der Waals surface area contributed by atoms with Crippen molar-refractivity contribution in [3.8, 4) is 6.07 Å². The Kier molecular flexibility index (Phi) is 3.67. The van der Waals surface area contributed by atoms with E-state index in [1.165, 1.54) is 25.7 Å². The van der Waals surface area contributed by atoms with Gasteiger partial charge in [0.05, 0.1) is 16.5 Å². The van der Waals surface area contributed by atoms with Gasteiger partial charge in [0.15, 0.2) is 0 Å². The van der Waals surface area contributed by atoms with Crippen molar-refractivity contribution >= 4 is 22.6 Å². The minimum absolute atomic E-state index is 0.143. The molecule has 1 aliphatic rings. The standard InChI is InChI=1S/C16H18ClN3/c1-11(17)16-19-15-13(10-18)6-3-7-14(15)20(16)9-8-12-4-2-5-12/h3,6-7,11-12H,2,4-5,8-9H2,1H3. The van der Waals surface area contributed by atoms with Gasteiger partial charge in [0.25, 0.3) is 0 Å². The maximum absolute atomic E-state index is 9.21. The monoisotopic (exact) mass is 287 g/mol. The van der Waals surface area contributed by atoms with E-state index in [0.29, 0.717) is 5.56 Å². The molecule has 1 aromatic carbocycles. The van der Waals surface area contributed by atoms with Gasteiger partial charge in [-0.2, -0.15) is 5.26 Å². The molecule has 0 aliphatic heterocycles. The molecule has 0 spiro atoms. The first kappa shape index (κ1) is 13.5. The average Bonchev–Trinajstić information content (AvgIpc) is 2.76. The Balaban J connectivity index is 2.02. The second kappa shape index (κ2) is 5.46. The minimum atomic E-state index is -0.143. The van der Waals surface area contributed by atoms with E-state index in [2.05, 4.69) is 15.6 Å². The van der Waals surface area contributed by atoms with Crippen LogP contribution in [-0.4, -0.2) is 9.55 Å². The minimum Gasteiger partial charge on any atom is -0.327 e. The van der Waals surface area contributed by atoms with Crippen LogP contribution in [0.3, 0.4) is 0 Å². The second-order valence-corrected chi connectivity index (χ2v) is 6.26. The van der Waals surface area contributed by atoms with Crippen LogP contribution in [0.15, 0.2) is 18.2 Å². The smallest absolute Gasteiger partial charge is 0.127 e. The second-order valence-electron chi connectivity index (χ2n) is 5.61. The maximum atomic E-state index is 9.21. The van der Waals surface area contributed by atoms with Crippen LogP contribution in [0.4, 0.5) is 0 Å². The lowest BCUT2D eigenvalue weighted by molar-refractivity contribution is 0.282. The zero-order valence-electron chi connectivity index (χ0n) is 11.6. The number of nitriles is 1. The maximum Gasteiger partial charge on any atom is 0.127 e. The fraction of sp³-hybridized carbons (Fsp3) is 0.500. The number of rotatable bonds is 4. The molecular weight excluding hydrogens is 270 g/mol. The molecule has 1 aliphatic carbocycles. The number of aromatic nitrogens is 2. The molecule has 0 radical (unpaired) electrons. The number of imidazole rings is 1. The highest BCUT2D eigenvalue weighted by Crippen LogP contribution is 2.32. The summed E-state index contributed by atoms with van der Waals surface area (Å²) in [6, 6.07) is 7.99. The Bertz CT molecular complexity index is 662. The summed E-state index contributed by atoms with van der Waals surface area (Å²) in [5.74, 6) is 1.73. The van der Waals surface area contributed by atoms with Gasteiger partial charge in [-0.3, -0.25) is 0 Å². The first-order valence-corrected chi connectivity index (χ1v) is 7.67. The largest absolute Gasteiger partial charge is 0.327 e. The van der Waals surface area contributed by atoms with Crippen molar-refractivity contribution in [3.63, 3.8) is 0 Å². The summed E-state index contributed by atoms with van der Waals surface area (Å²) < 4.78 is 2.20. The average molecular weight is 288 g/mol. The van der Waals surface area contributed by atoms with Gasteiger partial charge in [-0.05, 0) is 31.4 Å². The third-order valence-electron chi connectivity index (χ3n) is 4.27.